The molecule has 0 aliphatic rings. The van der Waals surface area contributed by atoms with E-state index in [1.54, 1.807) is 42.5 Å². The van der Waals surface area contributed by atoms with Gasteiger partial charge < -0.3 is 10.4 Å². The maximum absolute atomic E-state index is 11.6. The van der Waals surface area contributed by atoms with Gasteiger partial charge in [-0.3, -0.25) is 4.79 Å². The van der Waals surface area contributed by atoms with Gasteiger partial charge in [0.15, 0.2) is 0 Å². The molecule has 0 aliphatic heterocycles. The van der Waals surface area contributed by atoms with Crippen molar-refractivity contribution in [3.63, 3.8) is 0 Å². The van der Waals surface area contributed by atoms with E-state index in [1.165, 1.54) is 12.1 Å². The van der Waals surface area contributed by atoms with E-state index in [1.807, 2.05) is 0 Å². The first-order chi connectivity index (χ1) is 8.67. The van der Waals surface area contributed by atoms with Crippen LogP contribution in [0.25, 0.3) is 0 Å². The smallest absolute Gasteiger partial charge is 0.248 e. The number of carbonyl (C=O) groups excluding carboxylic acids is 1. The predicted octanol–water partition coefficient (Wildman–Crippen LogP) is 3.19. The minimum absolute atomic E-state index is 0.0322. The zero-order valence-corrected chi connectivity index (χ0v) is 9.97. The molecule has 0 aromatic heterocycles. The lowest BCUT2D eigenvalue weighted by Gasteiger charge is -2.03. The van der Waals surface area contributed by atoms with Crippen molar-refractivity contribution < 1.29 is 9.90 Å². The summed E-state index contributed by atoms with van der Waals surface area (Å²) in [6.45, 7) is 7.18. The van der Waals surface area contributed by atoms with Crippen molar-refractivity contribution in [1.82, 2.24) is 0 Å². The van der Waals surface area contributed by atoms with Crippen LogP contribution in [-0.2, 0) is 4.79 Å². The van der Waals surface area contributed by atoms with E-state index < -0.39 is 0 Å². The van der Waals surface area contributed by atoms with Gasteiger partial charge in [0.1, 0.15) is 5.75 Å². The van der Waals surface area contributed by atoms with Gasteiger partial charge in [0, 0.05) is 6.08 Å². The lowest BCUT2D eigenvalue weighted by molar-refractivity contribution is -0.111. The van der Waals surface area contributed by atoms with E-state index in [0.29, 0.717) is 5.69 Å². The summed E-state index contributed by atoms with van der Waals surface area (Å²) in [6, 6.07) is 6.54. The van der Waals surface area contributed by atoms with Gasteiger partial charge in [-0.2, -0.15) is 0 Å². The second kappa shape index (κ2) is 6.91. The van der Waals surface area contributed by atoms with Gasteiger partial charge in [-0.15, -0.1) is 0 Å². The molecule has 2 N–H and O–H groups in total. The molecule has 3 heteroatoms. The molecule has 1 aromatic rings. The number of benzene rings is 1. The van der Waals surface area contributed by atoms with Gasteiger partial charge in [0.25, 0.3) is 0 Å². The van der Waals surface area contributed by atoms with Crippen LogP contribution in [0, 0.1) is 0 Å². The maximum atomic E-state index is 11.6. The topological polar surface area (TPSA) is 49.3 Å². The number of amides is 1. The molecule has 0 unspecified atom stereocenters. The molecule has 0 saturated carbocycles. The van der Waals surface area contributed by atoms with Gasteiger partial charge in [-0.25, -0.2) is 0 Å². The first-order valence-corrected chi connectivity index (χ1v) is 5.39. The van der Waals surface area contributed by atoms with Crippen molar-refractivity contribution in [3.8, 4) is 5.75 Å². The number of anilines is 1. The molecule has 0 saturated heterocycles. The highest BCUT2D eigenvalue weighted by molar-refractivity contribution is 6.00. The highest BCUT2D eigenvalue weighted by Gasteiger charge is 2.01. The molecule has 92 valence electrons. The van der Waals surface area contributed by atoms with Gasteiger partial charge in [0.2, 0.25) is 5.91 Å². The minimum Gasteiger partial charge on any atom is -0.506 e. The number of hydrogen-bond donors (Lipinski definition) is 2. The number of aromatic hydroxyl groups is 1. The Hall–Kier alpha value is -2.55. The van der Waals surface area contributed by atoms with E-state index in [4.69, 9.17) is 0 Å². The SMILES string of the molecule is C=C/C=C(C=C)/C=C/C(=O)Nc1ccccc1O. The average Bonchev–Trinajstić information content (AvgIpc) is 2.37. The van der Waals surface area contributed by atoms with E-state index >= 15 is 0 Å². The summed E-state index contributed by atoms with van der Waals surface area (Å²) in [5, 5.41) is 12.1. The van der Waals surface area contributed by atoms with E-state index in [2.05, 4.69) is 18.5 Å². The molecule has 18 heavy (non-hydrogen) atoms. The van der Waals surface area contributed by atoms with Gasteiger partial charge >= 0.3 is 0 Å². The minimum atomic E-state index is -0.326. The van der Waals surface area contributed by atoms with Crippen molar-refractivity contribution in [2.75, 3.05) is 5.32 Å². The van der Waals surface area contributed by atoms with Crippen LogP contribution < -0.4 is 5.32 Å². The normalized spacial score (nSPS) is 11.2. The molecule has 0 spiro atoms. The van der Waals surface area contributed by atoms with Crippen LogP contribution in [-0.4, -0.2) is 11.0 Å². The zero-order chi connectivity index (χ0) is 13.4. The number of nitrogens with one attached hydrogen (secondary N) is 1. The van der Waals surface area contributed by atoms with Crippen LogP contribution >= 0.6 is 0 Å². The quantitative estimate of drug-likeness (QED) is 0.472. The van der Waals surface area contributed by atoms with Crippen LogP contribution in [0.2, 0.25) is 0 Å². The Labute approximate surface area is 106 Å². The fourth-order valence-corrected chi connectivity index (χ4v) is 1.25. The molecule has 0 atom stereocenters. The number of rotatable bonds is 5. The number of carbonyl (C=O) groups is 1. The van der Waals surface area contributed by atoms with Crippen LogP contribution in [0.3, 0.4) is 0 Å². The number of phenols is 1. The number of allylic oxidation sites excluding steroid dienone is 5. The third-order valence-electron chi connectivity index (χ3n) is 2.14. The standard InChI is InChI=1S/C15H15NO2/c1-3-7-12(4-2)10-11-15(18)16-13-8-5-6-9-14(13)17/h3-11,17H,1-2H2,(H,16,18)/b11-10+,12-7+. The Balaban J connectivity index is 2.70. The first kappa shape index (κ1) is 13.5. The van der Waals surface area contributed by atoms with Crippen LogP contribution in [0.1, 0.15) is 0 Å². The lowest BCUT2D eigenvalue weighted by atomic mass is 10.2. The largest absolute Gasteiger partial charge is 0.506 e. The van der Waals surface area contributed by atoms with Crippen molar-refractivity contribution in [1.29, 1.82) is 0 Å². The second-order valence-electron chi connectivity index (χ2n) is 3.45. The average molecular weight is 241 g/mol. The summed E-state index contributed by atoms with van der Waals surface area (Å²) in [5.41, 5.74) is 1.15. The Kier molecular flexibility index (Phi) is 5.19. The maximum Gasteiger partial charge on any atom is 0.248 e. The Morgan fingerprint density at radius 3 is 2.56 bits per heavy atom. The summed E-state index contributed by atoms with van der Waals surface area (Å²) in [5.74, 6) is -0.293. The van der Waals surface area contributed by atoms with Crippen molar-refractivity contribution in [2.24, 2.45) is 0 Å². The fraction of sp³-hybridized carbons (Fsp3) is 0. The van der Waals surface area contributed by atoms with E-state index in [-0.39, 0.29) is 11.7 Å². The van der Waals surface area contributed by atoms with Crippen LogP contribution in [0.4, 0.5) is 5.69 Å². The zero-order valence-electron chi connectivity index (χ0n) is 9.97. The number of phenolic OH excluding ortho intramolecular Hbond substituents is 1. The van der Waals surface area contributed by atoms with Gasteiger partial charge in [-0.1, -0.05) is 43.5 Å². The Morgan fingerprint density at radius 2 is 1.94 bits per heavy atom. The molecular weight excluding hydrogens is 226 g/mol. The van der Waals surface area contributed by atoms with Crippen molar-refractivity contribution in [3.05, 3.63) is 73.4 Å². The molecule has 1 aromatic carbocycles. The molecule has 3 nitrogen and oxygen atoms in total. The molecule has 1 amide bonds. The predicted molar refractivity (Wildman–Crippen MR) is 74.4 cm³/mol. The van der Waals surface area contributed by atoms with E-state index in [0.717, 1.165) is 5.57 Å². The first-order valence-electron chi connectivity index (χ1n) is 5.39. The fourth-order valence-electron chi connectivity index (χ4n) is 1.25. The molecule has 0 aliphatic carbocycles. The third-order valence-corrected chi connectivity index (χ3v) is 2.14. The van der Waals surface area contributed by atoms with Crippen molar-refractivity contribution >= 4 is 11.6 Å². The molecule has 1 rings (SSSR count). The highest BCUT2D eigenvalue weighted by Crippen LogP contribution is 2.21. The molecule has 0 radical (unpaired) electrons. The molecule has 0 fully saturated rings. The van der Waals surface area contributed by atoms with Gasteiger partial charge in [0.05, 0.1) is 5.69 Å². The Bertz CT molecular complexity index is 513. The monoisotopic (exact) mass is 241 g/mol. The van der Waals surface area contributed by atoms with Crippen LogP contribution in [0.15, 0.2) is 73.4 Å². The Morgan fingerprint density at radius 1 is 1.22 bits per heavy atom. The number of hydrogen-bond acceptors (Lipinski definition) is 2. The van der Waals surface area contributed by atoms with Gasteiger partial charge in [-0.05, 0) is 23.8 Å². The lowest BCUT2D eigenvalue weighted by Crippen LogP contribution is -2.07. The summed E-state index contributed by atoms with van der Waals surface area (Å²) >= 11 is 0. The van der Waals surface area contributed by atoms with E-state index in [9.17, 15) is 9.90 Å². The summed E-state index contributed by atoms with van der Waals surface area (Å²) < 4.78 is 0. The highest BCUT2D eigenvalue weighted by atomic mass is 16.3. The third kappa shape index (κ3) is 4.14. The second-order valence-corrected chi connectivity index (χ2v) is 3.45. The van der Waals surface area contributed by atoms with Crippen molar-refractivity contribution in [2.45, 2.75) is 0 Å². The molecule has 0 heterocycles. The molecular formula is C15H15NO2. The molecule has 0 bridgehead atoms. The summed E-state index contributed by atoms with van der Waals surface area (Å²) in [4.78, 5) is 11.6. The summed E-state index contributed by atoms with van der Waals surface area (Å²) in [7, 11) is 0. The van der Waals surface area contributed by atoms with Crippen LogP contribution in [0.5, 0.6) is 5.75 Å². The number of para-hydroxylation sites is 2. The summed E-state index contributed by atoms with van der Waals surface area (Å²) in [6.07, 6.45) is 7.94.